The predicted octanol–water partition coefficient (Wildman–Crippen LogP) is 2.77. The first-order valence-corrected chi connectivity index (χ1v) is 7.02. The fraction of sp³-hybridized carbons (Fsp3) is 0.0588. The normalized spacial score (nSPS) is 10.6. The van der Waals surface area contributed by atoms with E-state index < -0.39 is 5.91 Å². The molecule has 3 N–H and O–H groups in total. The second-order valence-electron chi connectivity index (χ2n) is 4.67. The number of benzene rings is 2. The number of carbonyl (C=O) groups is 2. The summed E-state index contributed by atoms with van der Waals surface area (Å²) >= 11 is 5.87. The molecule has 0 radical (unpaired) electrons. The maximum absolute atomic E-state index is 11.7. The van der Waals surface area contributed by atoms with Crippen molar-refractivity contribution in [1.82, 2.24) is 5.32 Å². The number of nitrogens with one attached hydrogen (secondary N) is 1. The highest BCUT2D eigenvalue weighted by molar-refractivity contribution is 6.30. The molecule has 0 aliphatic heterocycles. The van der Waals surface area contributed by atoms with Crippen LogP contribution in [-0.4, -0.2) is 11.8 Å². The third-order valence-corrected chi connectivity index (χ3v) is 3.22. The molecule has 2 amide bonds. The van der Waals surface area contributed by atoms with Gasteiger partial charge in [-0.2, -0.15) is 0 Å². The zero-order valence-electron chi connectivity index (χ0n) is 11.8. The zero-order valence-corrected chi connectivity index (χ0v) is 12.5. The highest BCUT2D eigenvalue weighted by Gasteiger charge is 2.01. The molecule has 0 unspecified atom stereocenters. The lowest BCUT2D eigenvalue weighted by Crippen LogP contribution is -2.20. The molecule has 2 aromatic rings. The molecule has 0 bridgehead atoms. The molecule has 4 nitrogen and oxygen atoms in total. The minimum atomic E-state index is -0.472. The Morgan fingerprint density at radius 3 is 2.50 bits per heavy atom. The SMILES string of the molecule is NC(=O)c1ccc(CNC(=O)/C=C/c2cccc(Cl)c2)cc1. The van der Waals surface area contributed by atoms with E-state index >= 15 is 0 Å². The second kappa shape index (κ2) is 7.43. The van der Waals surface area contributed by atoms with E-state index in [-0.39, 0.29) is 5.91 Å². The van der Waals surface area contributed by atoms with Crippen molar-refractivity contribution in [2.45, 2.75) is 6.54 Å². The first-order chi connectivity index (χ1) is 10.5. The van der Waals surface area contributed by atoms with Crippen LogP contribution in [0.2, 0.25) is 5.02 Å². The topological polar surface area (TPSA) is 72.2 Å². The summed E-state index contributed by atoms with van der Waals surface area (Å²) in [6.07, 6.45) is 3.14. The van der Waals surface area contributed by atoms with Crippen molar-refractivity contribution in [2.24, 2.45) is 5.73 Å². The highest BCUT2D eigenvalue weighted by Crippen LogP contribution is 2.11. The quantitative estimate of drug-likeness (QED) is 0.833. The molecule has 0 aliphatic carbocycles. The number of carbonyl (C=O) groups excluding carboxylic acids is 2. The standard InChI is InChI=1S/C17H15ClN2O2/c18-15-3-1-2-12(10-15)6-9-16(21)20-11-13-4-7-14(8-5-13)17(19)22/h1-10H,11H2,(H2,19,22)(H,20,21)/b9-6+. The van der Waals surface area contributed by atoms with E-state index in [0.29, 0.717) is 17.1 Å². The lowest BCUT2D eigenvalue weighted by molar-refractivity contribution is -0.116. The summed E-state index contributed by atoms with van der Waals surface area (Å²) in [6, 6.07) is 14.0. The number of hydrogen-bond acceptors (Lipinski definition) is 2. The van der Waals surface area contributed by atoms with E-state index in [1.165, 1.54) is 6.08 Å². The molecule has 0 atom stereocenters. The van der Waals surface area contributed by atoms with Crippen LogP contribution in [0, 0.1) is 0 Å². The molecule has 2 aromatic carbocycles. The minimum absolute atomic E-state index is 0.209. The molecule has 22 heavy (non-hydrogen) atoms. The Labute approximate surface area is 133 Å². The first-order valence-electron chi connectivity index (χ1n) is 6.65. The molecule has 0 aromatic heterocycles. The van der Waals surface area contributed by atoms with Crippen molar-refractivity contribution in [3.8, 4) is 0 Å². The number of nitrogens with two attached hydrogens (primary N) is 1. The number of hydrogen-bond donors (Lipinski definition) is 2. The number of amides is 2. The van der Waals surface area contributed by atoms with Gasteiger partial charge in [0.05, 0.1) is 0 Å². The predicted molar refractivity (Wildman–Crippen MR) is 87.3 cm³/mol. The zero-order chi connectivity index (χ0) is 15.9. The monoisotopic (exact) mass is 314 g/mol. The van der Waals surface area contributed by atoms with Crippen LogP contribution in [0.3, 0.4) is 0 Å². The molecular formula is C17H15ClN2O2. The third-order valence-electron chi connectivity index (χ3n) is 2.98. The van der Waals surface area contributed by atoms with Gasteiger partial charge in [0.15, 0.2) is 0 Å². The van der Waals surface area contributed by atoms with E-state index in [1.807, 2.05) is 12.1 Å². The van der Waals surface area contributed by atoms with Crippen LogP contribution in [0.5, 0.6) is 0 Å². The molecule has 0 heterocycles. The van der Waals surface area contributed by atoms with Gasteiger partial charge in [0.1, 0.15) is 0 Å². The molecule has 0 spiro atoms. The minimum Gasteiger partial charge on any atom is -0.366 e. The summed E-state index contributed by atoms with van der Waals surface area (Å²) in [5.74, 6) is -0.681. The van der Waals surface area contributed by atoms with Crippen molar-refractivity contribution in [3.05, 3.63) is 76.3 Å². The van der Waals surface area contributed by atoms with Gasteiger partial charge in [0.25, 0.3) is 0 Å². The van der Waals surface area contributed by atoms with Gasteiger partial charge in [-0.15, -0.1) is 0 Å². The van der Waals surface area contributed by atoms with E-state index in [1.54, 1.807) is 42.5 Å². The van der Waals surface area contributed by atoms with Gasteiger partial charge in [-0.25, -0.2) is 0 Å². The smallest absolute Gasteiger partial charge is 0.248 e. The van der Waals surface area contributed by atoms with E-state index in [4.69, 9.17) is 17.3 Å². The number of primary amides is 1. The van der Waals surface area contributed by atoms with Gasteiger partial charge in [0, 0.05) is 23.2 Å². The van der Waals surface area contributed by atoms with Crippen LogP contribution in [0.4, 0.5) is 0 Å². The summed E-state index contributed by atoms with van der Waals surface area (Å²) in [7, 11) is 0. The van der Waals surface area contributed by atoms with Crippen LogP contribution in [-0.2, 0) is 11.3 Å². The van der Waals surface area contributed by atoms with Crippen molar-refractivity contribution in [2.75, 3.05) is 0 Å². The summed E-state index contributed by atoms with van der Waals surface area (Å²) in [4.78, 5) is 22.7. The van der Waals surface area contributed by atoms with Crippen LogP contribution in [0.15, 0.2) is 54.6 Å². The van der Waals surface area contributed by atoms with E-state index in [0.717, 1.165) is 11.1 Å². The molecular weight excluding hydrogens is 300 g/mol. The average molecular weight is 315 g/mol. The van der Waals surface area contributed by atoms with Crippen molar-refractivity contribution >= 4 is 29.5 Å². The summed E-state index contributed by atoms with van der Waals surface area (Å²) in [5, 5.41) is 3.38. The fourth-order valence-corrected chi connectivity index (χ4v) is 2.02. The Kier molecular flexibility index (Phi) is 5.33. The largest absolute Gasteiger partial charge is 0.366 e. The maximum atomic E-state index is 11.7. The average Bonchev–Trinajstić information content (AvgIpc) is 2.51. The Morgan fingerprint density at radius 1 is 1.14 bits per heavy atom. The Balaban J connectivity index is 1.88. The van der Waals surface area contributed by atoms with Crippen molar-refractivity contribution in [3.63, 3.8) is 0 Å². The molecule has 112 valence electrons. The van der Waals surface area contributed by atoms with Gasteiger partial charge >= 0.3 is 0 Å². The maximum Gasteiger partial charge on any atom is 0.248 e. The Bertz CT molecular complexity index is 709. The first kappa shape index (κ1) is 15.8. The van der Waals surface area contributed by atoms with E-state index in [2.05, 4.69) is 5.32 Å². The third kappa shape index (κ3) is 4.75. The highest BCUT2D eigenvalue weighted by atomic mass is 35.5. The van der Waals surface area contributed by atoms with Crippen LogP contribution >= 0.6 is 11.6 Å². The van der Waals surface area contributed by atoms with E-state index in [9.17, 15) is 9.59 Å². The number of rotatable bonds is 5. The molecule has 0 saturated heterocycles. The van der Waals surface area contributed by atoms with Crippen molar-refractivity contribution in [1.29, 1.82) is 0 Å². The Hall–Kier alpha value is -2.59. The molecule has 5 heteroatoms. The summed E-state index contributed by atoms with van der Waals surface area (Å²) < 4.78 is 0. The molecule has 0 aliphatic rings. The van der Waals surface area contributed by atoms with Crippen LogP contribution < -0.4 is 11.1 Å². The lowest BCUT2D eigenvalue weighted by atomic mass is 10.1. The van der Waals surface area contributed by atoms with Gasteiger partial charge in [-0.3, -0.25) is 9.59 Å². The Morgan fingerprint density at radius 2 is 1.86 bits per heavy atom. The van der Waals surface area contributed by atoms with Crippen LogP contribution in [0.1, 0.15) is 21.5 Å². The number of halogens is 1. The molecule has 0 fully saturated rings. The van der Waals surface area contributed by atoms with Gasteiger partial charge < -0.3 is 11.1 Å². The van der Waals surface area contributed by atoms with Crippen molar-refractivity contribution < 1.29 is 9.59 Å². The van der Waals surface area contributed by atoms with Crippen LogP contribution in [0.25, 0.3) is 6.08 Å². The van der Waals surface area contributed by atoms with Gasteiger partial charge in [-0.1, -0.05) is 35.9 Å². The summed E-state index contributed by atoms with van der Waals surface area (Å²) in [6.45, 7) is 0.373. The fourth-order valence-electron chi connectivity index (χ4n) is 1.82. The van der Waals surface area contributed by atoms with Gasteiger partial charge in [0.2, 0.25) is 11.8 Å². The lowest BCUT2D eigenvalue weighted by Gasteiger charge is -2.03. The second-order valence-corrected chi connectivity index (χ2v) is 5.10. The summed E-state index contributed by atoms with van der Waals surface area (Å²) in [5.41, 5.74) is 7.34. The molecule has 2 rings (SSSR count). The van der Waals surface area contributed by atoms with Gasteiger partial charge in [-0.05, 0) is 41.5 Å². The molecule has 0 saturated carbocycles.